The van der Waals surface area contributed by atoms with Crippen molar-refractivity contribution in [3.05, 3.63) is 11.9 Å². The highest BCUT2D eigenvalue weighted by Gasteiger charge is 1.99. The molecule has 10 heavy (non-hydrogen) atoms. The summed E-state index contributed by atoms with van der Waals surface area (Å²) in [5, 5.41) is 0. The standard InChI is InChI=1S/C7H16N2S/c1-4-5-7(6-8)9(2)10-3/h6H,4-5,8H2,1-3H3/b7-6+. The van der Waals surface area contributed by atoms with E-state index in [1.165, 1.54) is 5.70 Å². The number of rotatable bonds is 4. The normalized spacial score (nSPS) is 11.7. The SMILES string of the molecule is CCC/C(=C\N)N(C)SC. The van der Waals surface area contributed by atoms with Crippen molar-refractivity contribution >= 4 is 11.9 Å². The molecule has 0 aromatic rings. The van der Waals surface area contributed by atoms with E-state index in [-0.39, 0.29) is 0 Å². The average Bonchev–Trinajstić information content (AvgIpc) is 1.99. The molecule has 0 aliphatic heterocycles. The topological polar surface area (TPSA) is 29.3 Å². The average molecular weight is 160 g/mol. The van der Waals surface area contributed by atoms with Crippen LogP contribution >= 0.6 is 11.9 Å². The zero-order chi connectivity index (χ0) is 7.98. The second-order valence-corrected chi connectivity index (χ2v) is 3.00. The molecule has 0 spiro atoms. The summed E-state index contributed by atoms with van der Waals surface area (Å²) in [4.78, 5) is 0. The fraction of sp³-hybridized carbons (Fsp3) is 0.714. The number of nitrogens with zero attached hydrogens (tertiary/aromatic N) is 1. The van der Waals surface area contributed by atoms with E-state index in [1.54, 1.807) is 18.1 Å². The van der Waals surface area contributed by atoms with Crippen LogP contribution in [0, 0.1) is 0 Å². The van der Waals surface area contributed by atoms with Crippen molar-refractivity contribution in [1.29, 1.82) is 0 Å². The lowest BCUT2D eigenvalue weighted by Gasteiger charge is -2.17. The summed E-state index contributed by atoms with van der Waals surface area (Å²) in [6.07, 6.45) is 5.93. The third kappa shape index (κ3) is 3.01. The zero-order valence-electron chi connectivity index (χ0n) is 6.92. The van der Waals surface area contributed by atoms with Gasteiger partial charge in [0.1, 0.15) is 0 Å². The van der Waals surface area contributed by atoms with Gasteiger partial charge >= 0.3 is 0 Å². The third-order valence-corrected chi connectivity index (χ3v) is 2.16. The van der Waals surface area contributed by atoms with Gasteiger partial charge in [0.2, 0.25) is 0 Å². The Morgan fingerprint density at radius 3 is 2.60 bits per heavy atom. The van der Waals surface area contributed by atoms with Gasteiger partial charge in [0, 0.05) is 25.2 Å². The van der Waals surface area contributed by atoms with Gasteiger partial charge in [0.25, 0.3) is 0 Å². The van der Waals surface area contributed by atoms with Gasteiger partial charge in [0.15, 0.2) is 0 Å². The lowest BCUT2D eigenvalue weighted by atomic mass is 10.3. The van der Waals surface area contributed by atoms with E-state index in [9.17, 15) is 0 Å². The van der Waals surface area contributed by atoms with E-state index in [4.69, 9.17) is 5.73 Å². The first-order chi connectivity index (χ1) is 4.76. The largest absolute Gasteiger partial charge is 0.403 e. The minimum atomic E-state index is 1.06. The third-order valence-electron chi connectivity index (χ3n) is 1.38. The summed E-state index contributed by atoms with van der Waals surface area (Å²) in [5.41, 5.74) is 6.62. The fourth-order valence-corrected chi connectivity index (χ4v) is 1.11. The Bertz CT molecular complexity index is 112. The highest BCUT2D eigenvalue weighted by Crippen LogP contribution is 2.14. The summed E-state index contributed by atoms with van der Waals surface area (Å²) >= 11 is 1.68. The lowest BCUT2D eigenvalue weighted by molar-refractivity contribution is 0.641. The molecular weight excluding hydrogens is 144 g/mol. The van der Waals surface area contributed by atoms with E-state index in [0.29, 0.717) is 0 Å². The van der Waals surface area contributed by atoms with E-state index < -0.39 is 0 Å². The Morgan fingerprint density at radius 2 is 2.30 bits per heavy atom. The quantitative estimate of drug-likeness (QED) is 0.636. The van der Waals surface area contributed by atoms with Gasteiger partial charge in [-0.1, -0.05) is 25.3 Å². The molecule has 0 unspecified atom stereocenters. The minimum absolute atomic E-state index is 1.06. The van der Waals surface area contributed by atoms with Crippen LogP contribution in [0.25, 0.3) is 0 Å². The maximum absolute atomic E-state index is 5.42. The van der Waals surface area contributed by atoms with Crippen LogP contribution in [-0.4, -0.2) is 17.6 Å². The molecule has 0 atom stereocenters. The molecule has 2 nitrogen and oxygen atoms in total. The summed E-state index contributed by atoms with van der Waals surface area (Å²) in [7, 11) is 2.03. The van der Waals surface area contributed by atoms with Gasteiger partial charge < -0.3 is 10.0 Å². The Morgan fingerprint density at radius 1 is 1.70 bits per heavy atom. The van der Waals surface area contributed by atoms with Crippen molar-refractivity contribution in [2.45, 2.75) is 19.8 Å². The van der Waals surface area contributed by atoms with Crippen LogP contribution in [0.2, 0.25) is 0 Å². The molecule has 60 valence electrons. The Balaban J connectivity index is 3.82. The van der Waals surface area contributed by atoms with E-state index in [1.807, 2.05) is 13.3 Å². The van der Waals surface area contributed by atoms with Crippen molar-refractivity contribution in [2.24, 2.45) is 5.73 Å². The number of nitrogens with two attached hydrogens (primary N) is 1. The summed E-state index contributed by atoms with van der Waals surface area (Å²) in [6, 6.07) is 0. The molecule has 0 aliphatic carbocycles. The lowest BCUT2D eigenvalue weighted by Crippen LogP contribution is -2.09. The molecule has 0 bridgehead atoms. The van der Waals surface area contributed by atoms with Gasteiger partial charge in [-0.3, -0.25) is 0 Å². The second-order valence-electron chi connectivity index (χ2n) is 2.09. The molecule has 0 saturated heterocycles. The van der Waals surface area contributed by atoms with Gasteiger partial charge in [-0.25, -0.2) is 0 Å². The predicted molar refractivity (Wildman–Crippen MR) is 48.5 cm³/mol. The molecule has 3 heteroatoms. The van der Waals surface area contributed by atoms with Gasteiger partial charge in [0.05, 0.1) is 0 Å². The second kappa shape index (κ2) is 5.47. The first-order valence-electron chi connectivity index (χ1n) is 3.44. The maximum atomic E-state index is 5.42. The number of allylic oxidation sites excluding steroid dienone is 1. The van der Waals surface area contributed by atoms with E-state index in [0.717, 1.165) is 12.8 Å². The Labute approximate surface area is 67.6 Å². The summed E-state index contributed by atoms with van der Waals surface area (Å²) < 4.78 is 2.09. The molecule has 0 aromatic heterocycles. The molecule has 0 heterocycles. The van der Waals surface area contributed by atoms with Crippen LogP contribution in [0.1, 0.15) is 19.8 Å². The maximum Gasteiger partial charge on any atom is 0.0392 e. The molecule has 0 aromatic carbocycles. The highest BCUT2D eigenvalue weighted by atomic mass is 32.2. The fourth-order valence-electron chi connectivity index (χ4n) is 0.719. The van der Waals surface area contributed by atoms with Crippen LogP contribution < -0.4 is 5.73 Å². The van der Waals surface area contributed by atoms with Gasteiger partial charge in [-0.2, -0.15) is 0 Å². The Kier molecular flexibility index (Phi) is 5.30. The molecule has 0 saturated carbocycles. The monoisotopic (exact) mass is 160 g/mol. The summed E-state index contributed by atoms with van der Waals surface area (Å²) in [6.45, 7) is 2.15. The van der Waals surface area contributed by atoms with E-state index >= 15 is 0 Å². The predicted octanol–water partition coefficient (Wildman–Crippen LogP) is 1.80. The molecule has 2 N–H and O–H groups in total. The molecule has 0 fully saturated rings. The van der Waals surface area contributed by atoms with Crippen molar-refractivity contribution in [3.8, 4) is 0 Å². The minimum Gasteiger partial charge on any atom is -0.403 e. The first kappa shape index (κ1) is 9.69. The van der Waals surface area contributed by atoms with E-state index in [2.05, 4.69) is 11.2 Å². The van der Waals surface area contributed by atoms with Crippen LogP contribution in [0.4, 0.5) is 0 Å². The molecular formula is C7H16N2S. The Hall–Kier alpha value is -0.310. The smallest absolute Gasteiger partial charge is 0.0392 e. The van der Waals surface area contributed by atoms with Crippen LogP contribution in [0.5, 0.6) is 0 Å². The van der Waals surface area contributed by atoms with Gasteiger partial charge in [-0.15, -0.1) is 0 Å². The van der Waals surface area contributed by atoms with Gasteiger partial charge in [-0.05, 0) is 6.42 Å². The summed E-state index contributed by atoms with van der Waals surface area (Å²) in [5.74, 6) is 0. The van der Waals surface area contributed by atoms with Crippen LogP contribution in [0.3, 0.4) is 0 Å². The molecule has 0 amide bonds. The van der Waals surface area contributed by atoms with Crippen molar-refractivity contribution < 1.29 is 0 Å². The number of hydrogen-bond donors (Lipinski definition) is 1. The number of hydrogen-bond acceptors (Lipinski definition) is 3. The zero-order valence-corrected chi connectivity index (χ0v) is 7.74. The van der Waals surface area contributed by atoms with Crippen molar-refractivity contribution in [3.63, 3.8) is 0 Å². The molecule has 0 rings (SSSR count). The van der Waals surface area contributed by atoms with Crippen LogP contribution in [-0.2, 0) is 0 Å². The molecule has 0 aliphatic rings. The first-order valence-corrected chi connectivity index (χ1v) is 4.63. The highest BCUT2D eigenvalue weighted by molar-refractivity contribution is 7.96. The van der Waals surface area contributed by atoms with Crippen molar-refractivity contribution in [2.75, 3.05) is 13.3 Å². The molecule has 0 radical (unpaired) electrons. The van der Waals surface area contributed by atoms with Crippen LogP contribution in [0.15, 0.2) is 11.9 Å². The van der Waals surface area contributed by atoms with Crippen molar-refractivity contribution in [1.82, 2.24) is 4.31 Å².